The largest absolute Gasteiger partial charge is 0.312 e. The highest BCUT2D eigenvalue weighted by Crippen LogP contribution is 2.21. The van der Waals surface area contributed by atoms with Gasteiger partial charge in [0, 0.05) is 18.6 Å². The third kappa shape index (κ3) is 4.97. The quantitative estimate of drug-likeness (QED) is 0.653. The predicted molar refractivity (Wildman–Crippen MR) is 74.4 cm³/mol. The lowest BCUT2D eigenvalue weighted by Gasteiger charge is -2.36. The Hall–Kier alpha value is -0.0800. The molecule has 1 heterocycles. The van der Waals surface area contributed by atoms with Crippen LogP contribution in [0.25, 0.3) is 0 Å². The molecule has 2 aliphatic rings. The van der Waals surface area contributed by atoms with Crippen LogP contribution >= 0.6 is 0 Å². The SMILES string of the molecule is CCCCCCN1CCCCC1CNC1CC1. The topological polar surface area (TPSA) is 15.3 Å². The van der Waals surface area contributed by atoms with Gasteiger partial charge in [-0.2, -0.15) is 0 Å². The average molecular weight is 238 g/mol. The van der Waals surface area contributed by atoms with Crippen LogP contribution in [0.15, 0.2) is 0 Å². The molecule has 1 saturated heterocycles. The zero-order valence-corrected chi connectivity index (χ0v) is 11.6. The van der Waals surface area contributed by atoms with Gasteiger partial charge >= 0.3 is 0 Å². The van der Waals surface area contributed by atoms with Gasteiger partial charge in [-0.1, -0.05) is 32.6 Å². The van der Waals surface area contributed by atoms with Crippen molar-refractivity contribution in [2.24, 2.45) is 0 Å². The average Bonchev–Trinajstić information content (AvgIpc) is 3.17. The number of piperidine rings is 1. The first-order valence-electron chi connectivity index (χ1n) is 7.87. The molecule has 0 aromatic heterocycles. The normalized spacial score (nSPS) is 26.3. The predicted octanol–water partition coefficient (Wildman–Crippen LogP) is 3.17. The minimum absolute atomic E-state index is 0.839. The Kier molecular flexibility index (Phi) is 5.79. The first-order chi connectivity index (χ1) is 8.40. The van der Waals surface area contributed by atoms with Gasteiger partial charge in [-0.15, -0.1) is 0 Å². The third-order valence-electron chi connectivity index (χ3n) is 4.27. The Morgan fingerprint density at radius 1 is 1.06 bits per heavy atom. The van der Waals surface area contributed by atoms with E-state index in [4.69, 9.17) is 0 Å². The molecule has 1 atom stereocenters. The van der Waals surface area contributed by atoms with Crippen molar-refractivity contribution in [1.82, 2.24) is 10.2 Å². The minimum Gasteiger partial charge on any atom is -0.312 e. The fourth-order valence-electron chi connectivity index (χ4n) is 2.92. The lowest BCUT2D eigenvalue weighted by Crippen LogP contribution is -2.46. The lowest BCUT2D eigenvalue weighted by molar-refractivity contribution is 0.142. The Labute approximate surface area is 107 Å². The number of hydrogen-bond acceptors (Lipinski definition) is 2. The van der Waals surface area contributed by atoms with Crippen LogP contribution in [0.4, 0.5) is 0 Å². The van der Waals surface area contributed by atoms with Crippen molar-refractivity contribution >= 4 is 0 Å². The van der Waals surface area contributed by atoms with Gasteiger partial charge in [0.05, 0.1) is 0 Å². The summed E-state index contributed by atoms with van der Waals surface area (Å²) in [5.41, 5.74) is 0. The number of unbranched alkanes of at least 4 members (excludes halogenated alkanes) is 3. The van der Waals surface area contributed by atoms with Gasteiger partial charge < -0.3 is 5.32 Å². The fraction of sp³-hybridized carbons (Fsp3) is 1.00. The van der Waals surface area contributed by atoms with E-state index >= 15 is 0 Å². The summed E-state index contributed by atoms with van der Waals surface area (Å²) in [6, 6.07) is 1.71. The standard InChI is InChI=1S/C15H30N2/c1-2-3-4-6-11-17-12-7-5-8-15(17)13-16-14-9-10-14/h14-16H,2-13H2,1H3. The number of hydrogen-bond donors (Lipinski definition) is 1. The van der Waals surface area contributed by atoms with Crippen molar-refractivity contribution in [3.63, 3.8) is 0 Å². The van der Waals surface area contributed by atoms with Gasteiger partial charge in [-0.25, -0.2) is 0 Å². The van der Waals surface area contributed by atoms with Gasteiger partial charge in [0.1, 0.15) is 0 Å². The number of likely N-dealkylation sites (tertiary alicyclic amines) is 1. The second-order valence-corrected chi connectivity index (χ2v) is 5.93. The molecule has 0 aromatic rings. The molecule has 0 radical (unpaired) electrons. The maximum absolute atomic E-state index is 3.72. The summed E-state index contributed by atoms with van der Waals surface area (Å²) in [7, 11) is 0. The van der Waals surface area contributed by atoms with Crippen LogP contribution in [0, 0.1) is 0 Å². The molecule has 1 aliphatic carbocycles. The molecule has 0 amide bonds. The second-order valence-electron chi connectivity index (χ2n) is 5.93. The van der Waals surface area contributed by atoms with Crippen LogP contribution in [-0.2, 0) is 0 Å². The third-order valence-corrected chi connectivity index (χ3v) is 4.27. The van der Waals surface area contributed by atoms with E-state index in [9.17, 15) is 0 Å². The molecule has 0 aromatic carbocycles. The maximum atomic E-state index is 3.72. The van der Waals surface area contributed by atoms with Gasteiger partial charge in [0.2, 0.25) is 0 Å². The van der Waals surface area contributed by atoms with E-state index in [0.717, 1.165) is 12.1 Å². The van der Waals surface area contributed by atoms with Crippen molar-refractivity contribution in [3.8, 4) is 0 Å². The van der Waals surface area contributed by atoms with Crippen LogP contribution < -0.4 is 5.32 Å². The number of nitrogens with zero attached hydrogens (tertiary/aromatic N) is 1. The van der Waals surface area contributed by atoms with Crippen molar-refractivity contribution in [2.45, 2.75) is 76.8 Å². The first-order valence-corrected chi connectivity index (χ1v) is 7.87. The van der Waals surface area contributed by atoms with E-state index in [2.05, 4.69) is 17.1 Å². The smallest absolute Gasteiger partial charge is 0.0220 e. The number of nitrogens with one attached hydrogen (secondary N) is 1. The minimum atomic E-state index is 0.839. The van der Waals surface area contributed by atoms with E-state index in [1.807, 2.05) is 0 Å². The summed E-state index contributed by atoms with van der Waals surface area (Å²) in [6.45, 7) is 6.24. The maximum Gasteiger partial charge on any atom is 0.0220 e. The monoisotopic (exact) mass is 238 g/mol. The summed E-state index contributed by atoms with van der Waals surface area (Å²) in [6.07, 6.45) is 12.7. The molecule has 2 fully saturated rings. The summed E-state index contributed by atoms with van der Waals surface area (Å²) in [4.78, 5) is 2.76. The van der Waals surface area contributed by atoms with Crippen LogP contribution in [0.5, 0.6) is 0 Å². The Balaban J connectivity index is 1.63. The van der Waals surface area contributed by atoms with E-state index in [1.54, 1.807) is 0 Å². The van der Waals surface area contributed by atoms with Crippen molar-refractivity contribution < 1.29 is 0 Å². The summed E-state index contributed by atoms with van der Waals surface area (Å²) in [5.74, 6) is 0. The van der Waals surface area contributed by atoms with E-state index in [0.29, 0.717) is 0 Å². The zero-order valence-electron chi connectivity index (χ0n) is 11.6. The van der Waals surface area contributed by atoms with Gasteiger partial charge in [0.15, 0.2) is 0 Å². The molecule has 2 rings (SSSR count). The number of rotatable bonds is 8. The Bertz CT molecular complexity index is 201. The lowest BCUT2D eigenvalue weighted by atomic mass is 10.0. The van der Waals surface area contributed by atoms with E-state index in [1.165, 1.54) is 77.4 Å². The molecule has 1 N–H and O–H groups in total. The van der Waals surface area contributed by atoms with Gasteiger partial charge in [-0.3, -0.25) is 4.90 Å². The summed E-state index contributed by atoms with van der Waals surface area (Å²) >= 11 is 0. The molecular weight excluding hydrogens is 208 g/mol. The highest BCUT2D eigenvalue weighted by atomic mass is 15.2. The Morgan fingerprint density at radius 2 is 1.94 bits per heavy atom. The first kappa shape index (κ1) is 13.4. The molecule has 17 heavy (non-hydrogen) atoms. The molecule has 100 valence electrons. The second kappa shape index (κ2) is 7.38. The molecule has 2 nitrogen and oxygen atoms in total. The van der Waals surface area contributed by atoms with Gasteiger partial charge in [-0.05, 0) is 45.2 Å². The summed E-state index contributed by atoms with van der Waals surface area (Å²) < 4.78 is 0. The van der Waals surface area contributed by atoms with Crippen LogP contribution in [0.1, 0.15) is 64.7 Å². The highest BCUT2D eigenvalue weighted by Gasteiger charge is 2.25. The molecular formula is C15H30N2. The molecule has 2 heteroatoms. The molecule has 1 unspecified atom stereocenters. The van der Waals surface area contributed by atoms with E-state index in [-0.39, 0.29) is 0 Å². The fourth-order valence-corrected chi connectivity index (χ4v) is 2.92. The molecule has 1 saturated carbocycles. The van der Waals surface area contributed by atoms with Gasteiger partial charge in [0.25, 0.3) is 0 Å². The molecule has 1 aliphatic heterocycles. The van der Waals surface area contributed by atoms with Crippen molar-refractivity contribution in [3.05, 3.63) is 0 Å². The molecule has 0 bridgehead atoms. The highest BCUT2D eigenvalue weighted by molar-refractivity contribution is 4.85. The molecule has 0 spiro atoms. The van der Waals surface area contributed by atoms with Crippen LogP contribution in [-0.4, -0.2) is 36.6 Å². The Morgan fingerprint density at radius 3 is 2.71 bits per heavy atom. The van der Waals surface area contributed by atoms with Crippen molar-refractivity contribution in [2.75, 3.05) is 19.6 Å². The van der Waals surface area contributed by atoms with Crippen molar-refractivity contribution in [1.29, 1.82) is 0 Å². The van der Waals surface area contributed by atoms with Crippen LogP contribution in [0.3, 0.4) is 0 Å². The van der Waals surface area contributed by atoms with E-state index < -0.39 is 0 Å². The summed E-state index contributed by atoms with van der Waals surface area (Å²) in [5, 5.41) is 3.72. The zero-order chi connectivity index (χ0) is 11.9. The van der Waals surface area contributed by atoms with Crippen LogP contribution in [0.2, 0.25) is 0 Å².